The Hall–Kier alpha value is -2.61. The number of anilines is 1. The van der Waals surface area contributed by atoms with Crippen LogP contribution >= 0.6 is 0 Å². The second kappa shape index (κ2) is 6.23. The molecule has 1 aromatic heterocycles. The van der Waals surface area contributed by atoms with Gasteiger partial charge in [0.2, 0.25) is 0 Å². The van der Waals surface area contributed by atoms with Crippen molar-refractivity contribution < 1.29 is 4.74 Å². The minimum atomic E-state index is 0.335. The number of nitriles is 1. The van der Waals surface area contributed by atoms with Gasteiger partial charge in [0.25, 0.3) is 0 Å². The lowest BCUT2D eigenvalue weighted by molar-refractivity contribution is 0.408. The fraction of sp³-hybridized carbons (Fsp3) is 0.312. The molecule has 2 aromatic rings. The quantitative estimate of drug-likeness (QED) is 0.862. The van der Waals surface area contributed by atoms with Gasteiger partial charge in [-0.15, -0.1) is 0 Å². The van der Waals surface area contributed by atoms with Crippen LogP contribution in [0.25, 0.3) is 0 Å². The minimum Gasteiger partial charge on any atom is -0.496 e. The first-order valence-corrected chi connectivity index (χ1v) is 6.63. The van der Waals surface area contributed by atoms with Gasteiger partial charge in [-0.25, -0.2) is 9.97 Å². The van der Waals surface area contributed by atoms with Crippen LogP contribution in [0.5, 0.6) is 5.75 Å². The summed E-state index contributed by atoms with van der Waals surface area (Å²) in [4.78, 5) is 10.2. The molecule has 0 atom stereocenters. The molecule has 0 aliphatic rings. The van der Waals surface area contributed by atoms with E-state index in [-0.39, 0.29) is 0 Å². The van der Waals surface area contributed by atoms with Gasteiger partial charge in [-0.1, -0.05) is 12.1 Å². The van der Waals surface area contributed by atoms with Gasteiger partial charge in [0.1, 0.15) is 11.8 Å². The Morgan fingerprint density at radius 2 is 1.81 bits per heavy atom. The smallest absolute Gasteiger partial charge is 0.183 e. The molecule has 5 heteroatoms. The van der Waals surface area contributed by atoms with Crippen molar-refractivity contribution in [2.45, 2.75) is 20.4 Å². The number of ether oxygens (including phenoxy) is 1. The number of rotatable bonds is 4. The van der Waals surface area contributed by atoms with E-state index in [1.165, 1.54) is 6.20 Å². The van der Waals surface area contributed by atoms with Crippen molar-refractivity contribution >= 4 is 5.82 Å². The van der Waals surface area contributed by atoms with Crippen LogP contribution in [0.15, 0.2) is 24.5 Å². The third kappa shape index (κ3) is 3.11. The maximum Gasteiger partial charge on any atom is 0.183 e. The summed E-state index contributed by atoms with van der Waals surface area (Å²) in [5, 5.41) is 9.09. The summed E-state index contributed by atoms with van der Waals surface area (Å²) in [5.74, 6) is 1.50. The minimum absolute atomic E-state index is 0.335. The highest BCUT2D eigenvalue weighted by molar-refractivity contribution is 5.50. The van der Waals surface area contributed by atoms with E-state index in [1.807, 2.05) is 25.8 Å². The van der Waals surface area contributed by atoms with Gasteiger partial charge in [-0.05, 0) is 30.5 Å². The fourth-order valence-corrected chi connectivity index (χ4v) is 2.49. The third-order valence-electron chi connectivity index (χ3n) is 3.29. The molecule has 0 aliphatic carbocycles. The van der Waals surface area contributed by atoms with Crippen molar-refractivity contribution in [3.8, 4) is 11.8 Å². The van der Waals surface area contributed by atoms with Gasteiger partial charge in [0.05, 0.1) is 7.11 Å². The van der Waals surface area contributed by atoms with Crippen molar-refractivity contribution in [2.24, 2.45) is 0 Å². The third-order valence-corrected chi connectivity index (χ3v) is 3.29. The van der Waals surface area contributed by atoms with Gasteiger partial charge < -0.3 is 9.64 Å². The molecule has 2 rings (SSSR count). The van der Waals surface area contributed by atoms with Crippen molar-refractivity contribution in [3.63, 3.8) is 0 Å². The zero-order valence-electron chi connectivity index (χ0n) is 12.7. The first-order valence-electron chi connectivity index (χ1n) is 6.63. The van der Waals surface area contributed by atoms with Crippen LogP contribution in [0, 0.1) is 25.2 Å². The monoisotopic (exact) mass is 282 g/mol. The molecule has 108 valence electrons. The summed E-state index contributed by atoms with van der Waals surface area (Å²) in [5.41, 5.74) is 3.67. The van der Waals surface area contributed by atoms with Crippen LogP contribution in [0.2, 0.25) is 0 Å². The molecule has 1 heterocycles. The van der Waals surface area contributed by atoms with Gasteiger partial charge in [-0.3, -0.25) is 0 Å². The Morgan fingerprint density at radius 1 is 1.19 bits per heavy atom. The lowest BCUT2D eigenvalue weighted by Gasteiger charge is -2.20. The lowest BCUT2D eigenvalue weighted by atomic mass is 10.1. The van der Waals surface area contributed by atoms with Crippen LogP contribution in [0.1, 0.15) is 22.4 Å². The molecule has 1 aromatic carbocycles. The summed E-state index contributed by atoms with van der Waals surface area (Å²) in [6.45, 7) is 4.70. The molecular formula is C16H18N4O. The van der Waals surface area contributed by atoms with Crippen LogP contribution in [-0.4, -0.2) is 24.1 Å². The maximum absolute atomic E-state index is 9.09. The molecule has 0 bridgehead atoms. The number of aromatic nitrogens is 2. The standard InChI is InChI=1S/C16H18N4O/c1-11-7-13(8-12(2)15(11)21-4)10-20(3)16-14(9-17)18-5-6-19-16/h5-8H,10H2,1-4H3. The molecular weight excluding hydrogens is 264 g/mol. The summed E-state index contributed by atoms with van der Waals surface area (Å²) < 4.78 is 5.38. The molecule has 0 spiro atoms. The Labute approximate surface area is 124 Å². The predicted octanol–water partition coefficient (Wildman–Crippen LogP) is 2.61. The van der Waals surface area contributed by atoms with E-state index in [1.54, 1.807) is 13.3 Å². The van der Waals surface area contributed by atoms with E-state index >= 15 is 0 Å². The van der Waals surface area contributed by atoms with E-state index in [4.69, 9.17) is 10.00 Å². The SMILES string of the molecule is COc1c(C)cc(CN(C)c2nccnc2C#N)cc1C. The molecule has 0 unspecified atom stereocenters. The molecule has 21 heavy (non-hydrogen) atoms. The zero-order valence-corrected chi connectivity index (χ0v) is 12.7. The molecule has 0 radical (unpaired) electrons. The zero-order chi connectivity index (χ0) is 15.4. The highest BCUT2D eigenvalue weighted by Gasteiger charge is 2.12. The maximum atomic E-state index is 9.09. The molecule has 0 N–H and O–H groups in total. The summed E-state index contributed by atoms with van der Waals surface area (Å²) in [7, 11) is 3.58. The molecule has 0 fully saturated rings. The average molecular weight is 282 g/mol. The number of nitrogens with zero attached hydrogens (tertiary/aromatic N) is 4. The van der Waals surface area contributed by atoms with Crippen LogP contribution in [-0.2, 0) is 6.54 Å². The van der Waals surface area contributed by atoms with Crippen molar-refractivity contribution in [1.82, 2.24) is 9.97 Å². The van der Waals surface area contributed by atoms with E-state index in [9.17, 15) is 0 Å². The second-order valence-corrected chi connectivity index (χ2v) is 4.96. The van der Waals surface area contributed by atoms with Crippen LogP contribution < -0.4 is 9.64 Å². The lowest BCUT2D eigenvalue weighted by Crippen LogP contribution is -2.19. The average Bonchev–Trinajstić information content (AvgIpc) is 2.46. The van der Waals surface area contributed by atoms with Crippen molar-refractivity contribution in [1.29, 1.82) is 5.26 Å². The molecule has 0 saturated heterocycles. The van der Waals surface area contributed by atoms with Crippen molar-refractivity contribution in [2.75, 3.05) is 19.1 Å². The topological polar surface area (TPSA) is 62.0 Å². The molecule has 0 amide bonds. The Balaban J connectivity index is 2.28. The predicted molar refractivity (Wildman–Crippen MR) is 81.3 cm³/mol. The number of benzene rings is 1. The van der Waals surface area contributed by atoms with E-state index < -0.39 is 0 Å². The fourth-order valence-electron chi connectivity index (χ4n) is 2.49. The highest BCUT2D eigenvalue weighted by Crippen LogP contribution is 2.25. The Morgan fingerprint density at radius 3 is 2.38 bits per heavy atom. The van der Waals surface area contributed by atoms with Crippen molar-refractivity contribution in [3.05, 3.63) is 46.9 Å². The molecule has 5 nitrogen and oxygen atoms in total. The van der Waals surface area contributed by atoms with E-state index in [0.717, 1.165) is 22.4 Å². The second-order valence-electron chi connectivity index (χ2n) is 4.96. The number of hydrogen-bond acceptors (Lipinski definition) is 5. The first-order chi connectivity index (χ1) is 10.1. The van der Waals surface area contributed by atoms with Gasteiger partial charge in [-0.2, -0.15) is 5.26 Å². The highest BCUT2D eigenvalue weighted by atomic mass is 16.5. The van der Waals surface area contributed by atoms with E-state index in [0.29, 0.717) is 18.1 Å². The summed E-state index contributed by atoms with van der Waals surface area (Å²) in [6.07, 6.45) is 3.12. The first kappa shape index (κ1) is 14.8. The largest absolute Gasteiger partial charge is 0.496 e. The number of hydrogen-bond donors (Lipinski definition) is 0. The number of aryl methyl sites for hydroxylation is 2. The van der Waals surface area contributed by atoms with Gasteiger partial charge in [0, 0.05) is 26.0 Å². The van der Waals surface area contributed by atoms with Gasteiger partial charge >= 0.3 is 0 Å². The molecule has 0 saturated carbocycles. The Kier molecular flexibility index (Phi) is 4.39. The number of methoxy groups -OCH3 is 1. The summed E-state index contributed by atoms with van der Waals surface area (Å²) in [6, 6.07) is 6.24. The Bertz CT molecular complexity index is 668. The van der Waals surface area contributed by atoms with E-state index in [2.05, 4.69) is 28.2 Å². The normalized spacial score (nSPS) is 10.0. The van der Waals surface area contributed by atoms with Crippen LogP contribution in [0.3, 0.4) is 0 Å². The van der Waals surface area contributed by atoms with Gasteiger partial charge in [0.15, 0.2) is 11.5 Å². The molecule has 0 aliphatic heterocycles. The van der Waals surface area contributed by atoms with Crippen LogP contribution in [0.4, 0.5) is 5.82 Å². The summed E-state index contributed by atoms with van der Waals surface area (Å²) >= 11 is 0.